The van der Waals surface area contributed by atoms with Crippen LogP contribution in [0.25, 0.3) is 0 Å². The van der Waals surface area contributed by atoms with Crippen molar-refractivity contribution in [2.24, 2.45) is 0 Å². The fourth-order valence-electron chi connectivity index (χ4n) is 3.95. The minimum absolute atomic E-state index is 0. The van der Waals surface area contributed by atoms with E-state index in [0.29, 0.717) is 25.9 Å². The van der Waals surface area contributed by atoms with Crippen molar-refractivity contribution in [2.75, 3.05) is 19.6 Å². The number of hydrogen-bond acceptors (Lipinski definition) is 3. The van der Waals surface area contributed by atoms with E-state index in [1.165, 1.54) is 11.1 Å². The van der Waals surface area contributed by atoms with E-state index in [0.717, 1.165) is 25.8 Å². The van der Waals surface area contributed by atoms with Gasteiger partial charge in [0.1, 0.15) is 5.54 Å². The van der Waals surface area contributed by atoms with E-state index in [-0.39, 0.29) is 30.4 Å². The minimum Gasteiger partial charge on any atom is -0.352 e. The predicted octanol–water partition coefficient (Wildman–Crippen LogP) is 2.04. The van der Waals surface area contributed by atoms with Crippen LogP contribution in [-0.4, -0.2) is 37.1 Å². The van der Waals surface area contributed by atoms with Gasteiger partial charge in [-0.1, -0.05) is 37.1 Å². The van der Waals surface area contributed by atoms with Gasteiger partial charge in [-0.05, 0) is 43.9 Å². The molecule has 144 valence electrons. The van der Waals surface area contributed by atoms with Gasteiger partial charge in [0.15, 0.2) is 0 Å². The lowest BCUT2D eigenvalue weighted by molar-refractivity contribution is -0.127. The van der Waals surface area contributed by atoms with Crippen molar-refractivity contribution >= 4 is 24.3 Å². The Morgan fingerprint density at radius 2 is 1.92 bits per heavy atom. The molecule has 1 heterocycles. The predicted molar refractivity (Wildman–Crippen MR) is 105 cm³/mol. The molecule has 1 unspecified atom stereocenters. The van der Waals surface area contributed by atoms with Gasteiger partial charge in [0, 0.05) is 19.1 Å². The molecular weight excluding hydrogens is 352 g/mol. The van der Waals surface area contributed by atoms with Crippen LogP contribution in [0.5, 0.6) is 0 Å². The van der Waals surface area contributed by atoms with Gasteiger partial charge in [-0.3, -0.25) is 4.79 Å². The first-order valence-corrected chi connectivity index (χ1v) is 9.30. The second-order valence-electron chi connectivity index (χ2n) is 6.94. The zero-order chi connectivity index (χ0) is 17.7. The average molecular weight is 381 g/mol. The van der Waals surface area contributed by atoms with Gasteiger partial charge in [-0.15, -0.1) is 12.4 Å². The summed E-state index contributed by atoms with van der Waals surface area (Å²) in [4.78, 5) is 24.8. The maximum atomic E-state index is 12.9. The smallest absolute Gasteiger partial charge is 0.315 e. The Morgan fingerprint density at radius 3 is 2.65 bits per heavy atom. The summed E-state index contributed by atoms with van der Waals surface area (Å²) < 4.78 is 0. The third-order valence-corrected chi connectivity index (χ3v) is 5.26. The Balaban J connectivity index is 0.00000243. The summed E-state index contributed by atoms with van der Waals surface area (Å²) in [6.07, 6.45) is 4.34. The highest BCUT2D eigenvalue weighted by atomic mass is 35.5. The number of carbonyl (C=O) groups is 2. The van der Waals surface area contributed by atoms with Crippen molar-refractivity contribution in [3.8, 4) is 0 Å². The number of amides is 3. The van der Waals surface area contributed by atoms with Crippen molar-refractivity contribution in [3.05, 3.63) is 35.4 Å². The van der Waals surface area contributed by atoms with Crippen LogP contribution >= 0.6 is 12.4 Å². The summed E-state index contributed by atoms with van der Waals surface area (Å²) in [6, 6.07) is 8.23. The summed E-state index contributed by atoms with van der Waals surface area (Å²) in [5.74, 6) is -0.0684. The highest BCUT2D eigenvalue weighted by Gasteiger charge is 2.42. The van der Waals surface area contributed by atoms with Crippen LogP contribution in [0.2, 0.25) is 0 Å². The Hall–Kier alpha value is -1.79. The van der Waals surface area contributed by atoms with E-state index in [1.807, 2.05) is 13.0 Å². The molecule has 3 amide bonds. The zero-order valence-corrected chi connectivity index (χ0v) is 16.1. The molecule has 0 spiro atoms. The van der Waals surface area contributed by atoms with Crippen LogP contribution in [-0.2, 0) is 11.2 Å². The molecule has 1 fully saturated rings. The van der Waals surface area contributed by atoms with Crippen LogP contribution in [0.15, 0.2) is 24.3 Å². The number of urea groups is 1. The van der Waals surface area contributed by atoms with Gasteiger partial charge in [0.05, 0.1) is 0 Å². The van der Waals surface area contributed by atoms with Gasteiger partial charge in [-0.2, -0.15) is 0 Å². The number of nitrogens with one attached hydrogen (secondary N) is 4. The lowest BCUT2D eigenvalue weighted by atomic mass is 9.93. The highest BCUT2D eigenvalue weighted by molar-refractivity contribution is 5.91. The minimum atomic E-state index is -0.770. The second-order valence-corrected chi connectivity index (χ2v) is 6.94. The van der Waals surface area contributed by atoms with Crippen molar-refractivity contribution in [1.82, 2.24) is 21.3 Å². The van der Waals surface area contributed by atoms with Gasteiger partial charge >= 0.3 is 6.03 Å². The van der Waals surface area contributed by atoms with Crippen LogP contribution < -0.4 is 21.3 Å². The van der Waals surface area contributed by atoms with Crippen LogP contribution in [0.3, 0.4) is 0 Å². The molecule has 1 aliphatic carbocycles. The molecule has 1 aromatic rings. The molecular formula is C19H29ClN4O2. The maximum Gasteiger partial charge on any atom is 0.315 e. The fourth-order valence-corrected chi connectivity index (χ4v) is 3.95. The molecule has 4 N–H and O–H groups in total. The van der Waals surface area contributed by atoms with E-state index < -0.39 is 5.54 Å². The molecule has 1 aromatic carbocycles. The van der Waals surface area contributed by atoms with E-state index in [1.54, 1.807) is 0 Å². The van der Waals surface area contributed by atoms with E-state index in [9.17, 15) is 9.59 Å². The summed E-state index contributed by atoms with van der Waals surface area (Å²) in [6.45, 7) is 3.87. The molecule has 6 nitrogen and oxygen atoms in total. The molecule has 1 atom stereocenters. The van der Waals surface area contributed by atoms with Crippen LogP contribution in [0, 0.1) is 0 Å². The summed E-state index contributed by atoms with van der Waals surface area (Å²) in [7, 11) is 0. The summed E-state index contributed by atoms with van der Waals surface area (Å²) >= 11 is 0. The molecule has 3 rings (SSSR count). The molecule has 1 aliphatic heterocycles. The van der Waals surface area contributed by atoms with Crippen molar-refractivity contribution in [2.45, 2.75) is 50.6 Å². The molecule has 26 heavy (non-hydrogen) atoms. The van der Waals surface area contributed by atoms with Gasteiger partial charge in [0.2, 0.25) is 5.91 Å². The SMILES string of the molecule is CCNC(=O)NC1(C(=O)NCC2NCCc3ccccc32)CCCC1.Cl. The maximum absolute atomic E-state index is 12.9. The quantitative estimate of drug-likeness (QED) is 0.631. The summed E-state index contributed by atoms with van der Waals surface area (Å²) in [5.41, 5.74) is 1.83. The van der Waals surface area contributed by atoms with E-state index >= 15 is 0 Å². The van der Waals surface area contributed by atoms with E-state index in [4.69, 9.17) is 0 Å². The van der Waals surface area contributed by atoms with Gasteiger partial charge < -0.3 is 21.3 Å². The number of carbonyl (C=O) groups excluding carboxylic acids is 2. The largest absolute Gasteiger partial charge is 0.352 e. The fraction of sp³-hybridized carbons (Fsp3) is 0.579. The average Bonchev–Trinajstić information content (AvgIpc) is 3.09. The first kappa shape index (κ1) is 20.5. The van der Waals surface area contributed by atoms with E-state index in [2.05, 4.69) is 39.5 Å². The topological polar surface area (TPSA) is 82.3 Å². The third kappa shape index (κ3) is 4.48. The van der Waals surface area contributed by atoms with Gasteiger partial charge in [0.25, 0.3) is 0 Å². The normalized spacial score (nSPS) is 20.4. The highest BCUT2D eigenvalue weighted by Crippen LogP contribution is 2.30. The third-order valence-electron chi connectivity index (χ3n) is 5.26. The Kier molecular flexibility index (Phi) is 7.29. The number of hydrogen-bond donors (Lipinski definition) is 4. The van der Waals surface area contributed by atoms with Crippen molar-refractivity contribution < 1.29 is 9.59 Å². The molecule has 1 saturated carbocycles. The standard InChI is InChI=1S/C19H28N4O2.ClH/c1-2-20-18(25)23-19(10-5-6-11-19)17(24)22-13-16-15-8-4-3-7-14(15)9-12-21-16;/h3-4,7-8,16,21H,2,5-6,9-13H2,1H3,(H,22,24)(H2,20,23,25);1H. The van der Waals surface area contributed by atoms with Crippen molar-refractivity contribution in [1.29, 1.82) is 0 Å². The number of benzene rings is 1. The number of rotatable bonds is 5. The molecule has 0 radical (unpaired) electrons. The Morgan fingerprint density at radius 1 is 1.19 bits per heavy atom. The Labute approximate surface area is 161 Å². The first-order chi connectivity index (χ1) is 12.1. The van der Waals surface area contributed by atoms with Gasteiger partial charge in [-0.25, -0.2) is 4.79 Å². The monoisotopic (exact) mass is 380 g/mol. The molecule has 0 bridgehead atoms. The lowest BCUT2D eigenvalue weighted by Crippen LogP contribution is -2.60. The summed E-state index contributed by atoms with van der Waals surface area (Å²) in [5, 5.41) is 12.2. The molecule has 2 aliphatic rings. The second kappa shape index (κ2) is 9.24. The Bertz CT molecular complexity index is 632. The number of halogens is 1. The molecule has 0 aromatic heterocycles. The van der Waals surface area contributed by atoms with Crippen LogP contribution in [0.1, 0.15) is 49.8 Å². The molecule has 0 saturated heterocycles. The lowest BCUT2D eigenvalue weighted by Gasteiger charge is -2.31. The number of fused-ring (bicyclic) bond motifs is 1. The van der Waals surface area contributed by atoms with Crippen molar-refractivity contribution in [3.63, 3.8) is 0 Å². The zero-order valence-electron chi connectivity index (χ0n) is 15.3. The first-order valence-electron chi connectivity index (χ1n) is 9.30. The van der Waals surface area contributed by atoms with Crippen LogP contribution in [0.4, 0.5) is 4.79 Å². The molecule has 7 heteroatoms.